The van der Waals surface area contributed by atoms with Crippen molar-refractivity contribution in [1.82, 2.24) is 4.90 Å². The molecule has 0 radical (unpaired) electrons. The molecule has 106 valence electrons. The van der Waals surface area contributed by atoms with Gasteiger partial charge in [-0.2, -0.15) is 0 Å². The number of benzene rings is 1. The number of amides is 1. The molecular formula is C15H23FN2O. The molecule has 0 spiro atoms. The molecule has 1 rings (SSSR count). The largest absolute Gasteiger partial charge is 0.342 e. The molecule has 1 unspecified atom stereocenters. The summed E-state index contributed by atoms with van der Waals surface area (Å²) in [5, 5.41) is 0. The van der Waals surface area contributed by atoms with Crippen LogP contribution in [0.4, 0.5) is 4.39 Å². The number of hydrogen-bond acceptors (Lipinski definition) is 2. The molecule has 1 atom stereocenters. The van der Waals surface area contributed by atoms with Gasteiger partial charge in [0.1, 0.15) is 5.82 Å². The topological polar surface area (TPSA) is 46.3 Å². The molecule has 0 aromatic heterocycles. The fourth-order valence-corrected chi connectivity index (χ4v) is 1.79. The average molecular weight is 266 g/mol. The van der Waals surface area contributed by atoms with Crippen LogP contribution in [0.3, 0.4) is 0 Å². The van der Waals surface area contributed by atoms with Crippen molar-refractivity contribution in [1.29, 1.82) is 0 Å². The summed E-state index contributed by atoms with van der Waals surface area (Å²) in [6, 6.07) is 4.62. The maximum atomic E-state index is 13.6. The quantitative estimate of drug-likeness (QED) is 0.890. The third-order valence-electron chi connectivity index (χ3n) is 3.35. The van der Waals surface area contributed by atoms with E-state index >= 15 is 0 Å². The molecule has 0 bridgehead atoms. The molecule has 19 heavy (non-hydrogen) atoms. The van der Waals surface area contributed by atoms with Gasteiger partial charge in [0.25, 0.3) is 5.91 Å². The molecule has 0 aliphatic rings. The zero-order valence-corrected chi connectivity index (χ0v) is 12.1. The Morgan fingerprint density at radius 3 is 2.63 bits per heavy atom. The molecule has 0 saturated carbocycles. The van der Waals surface area contributed by atoms with E-state index in [1.165, 1.54) is 11.0 Å². The van der Waals surface area contributed by atoms with Gasteiger partial charge in [0.2, 0.25) is 0 Å². The van der Waals surface area contributed by atoms with Crippen molar-refractivity contribution in [2.75, 3.05) is 13.6 Å². The van der Waals surface area contributed by atoms with Crippen molar-refractivity contribution in [3.8, 4) is 0 Å². The Hall–Kier alpha value is -1.42. The predicted octanol–water partition coefficient (Wildman–Crippen LogP) is 2.58. The van der Waals surface area contributed by atoms with E-state index < -0.39 is 5.82 Å². The van der Waals surface area contributed by atoms with Gasteiger partial charge in [-0.15, -0.1) is 0 Å². The molecule has 1 aromatic carbocycles. The summed E-state index contributed by atoms with van der Waals surface area (Å²) in [4.78, 5) is 13.7. The lowest BCUT2D eigenvalue weighted by molar-refractivity contribution is 0.0784. The van der Waals surface area contributed by atoms with Crippen LogP contribution in [0.2, 0.25) is 0 Å². The fourth-order valence-electron chi connectivity index (χ4n) is 1.79. The van der Waals surface area contributed by atoms with Crippen LogP contribution in [-0.2, 0) is 0 Å². The van der Waals surface area contributed by atoms with Gasteiger partial charge in [0, 0.05) is 19.6 Å². The lowest BCUT2D eigenvalue weighted by Gasteiger charge is -2.22. The smallest absolute Gasteiger partial charge is 0.256 e. The van der Waals surface area contributed by atoms with Gasteiger partial charge in [0.05, 0.1) is 5.56 Å². The number of nitrogens with zero attached hydrogens (tertiary/aromatic N) is 1. The lowest BCUT2D eigenvalue weighted by atomic mass is 10.0. The Balaban J connectivity index is 2.69. The van der Waals surface area contributed by atoms with Crippen LogP contribution in [-0.4, -0.2) is 30.4 Å². The summed E-state index contributed by atoms with van der Waals surface area (Å²) >= 11 is 0. The standard InChI is InChI=1S/C15H23FN2O/c1-10(2)14(17)7-8-18(4)15(19)12-9-11(3)5-6-13(12)16/h5-6,9-10,14H,7-8,17H2,1-4H3. The number of rotatable bonds is 5. The predicted molar refractivity (Wildman–Crippen MR) is 75.5 cm³/mol. The first-order valence-corrected chi connectivity index (χ1v) is 6.60. The second-order valence-corrected chi connectivity index (χ2v) is 5.41. The normalized spacial score (nSPS) is 12.6. The van der Waals surface area contributed by atoms with E-state index in [1.54, 1.807) is 19.2 Å². The first-order valence-electron chi connectivity index (χ1n) is 6.60. The minimum atomic E-state index is -0.476. The van der Waals surface area contributed by atoms with Crippen LogP contribution < -0.4 is 5.73 Å². The highest BCUT2D eigenvalue weighted by molar-refractivity contribution is 5.94. The second-order valence-electron chi connectivity index (χ2n) is 5.41. The van der Waals surface area contributed by atoms with Gasteiger partial charge in [-0.1, -0.05) is 25.5 Å². The Labute approximate surface area is 114 Å². The SMILES string of the molecule is Cc1ccc(F)c(C(=O)N(C)CCC(N)C(C)C)c1. The highest BCUT2D eigenvalue weighted by Gasteiger charge is 2.17. The molecule has 3 nitrogen and oxygen atoms in total. The zero-order valence-electron chi connectivity index (χ0n) is 12.1. The molecule has 4 heteroatoms. The summed E-state index contributed by atoms with van der Waals surface area (Å²) in [6.07, 6.45) is 0.716. The fraction of sp³-hybridized carbons (Fsp3) is 0.533. The average Bonchev–Trinajstić information content (AvgIpc) is 2.37. The Morgan fingerprint density at radius 1 is 1.42 bits per heavy atom. The number of carbonyl (C=O) groups is 1. The van der Waals surface area contributed by atoms with E-state index in [1.807, 2.05) is 20.8 Å². The van der Waals surface area contributed by atoms with Gasteiger partial charge in [-0.05, 0) is 31.4 Å². The summed E-state index contributed by atoms with van der Waals surface area (Å²) in [7, 11) is 1.68. The van der Waals surface area contributed by atoms with Crippen molar-refractivity contribution in [3.05, 3.63) is 35.1 Å². The maximum Gasteiger partial charge on any atom is 0.256 e. The summed E-state index contributed by atoms with van der Waals surface area (Å²) in [5.41, 5.74) is 6.94. The minimum Gasteiger partial charge on any atom is -0.342 e. The third-order valence-corrected chi connectivity index (χ3v) is 3.35. The zero-order chi connectivity index (χ0) is 14.6. The van der Waals surface area contributed by atoms with Gasteiger partial charge in [0.15, 0.2) is 0 Å². The number of halogens is 1. The number of hydrogen-bond donors (Lipinski definition) is 1. The first-order chi connectivity index (χ1) is 8.82. The van der Waals surface area contributed by atoms with E-state index in [9.17, 15) is 9.18 Å². The Bertz CT molecular complexity index is 446. The lowest BCUT2D eigenvalue weighted by Crippen LogP contribution is -2.35. The Morgan fingerprint density at radius 2 is 2.05 bits per heavy atom. The molecule has 0 aliphatic heterocycles. The molecule has 0 aliphatic carbocycles. The highest BCUT2D eigenvalue weighted by Crippen LogP contribution is 2.13. The summed E-state index contributed by atoms with van der Waals surface area (Å²) in [6.45, 7) is 6.47. The van der Waals surface area contributed by atoms with Crippen molar-refractivity contribution >= 4 is 5.91 Å². The number of nitrogens with two attached hydrogens (primary N) is 1. The van der Waals surface area contributed by atoms with Gasteiger partial charge >= 0.3 is 0 Å². The van der Waals surface area contributed by atoms with Gasteiger partial charge < -0.3 is 10.6 Å². The second kappa shape index (κ2) is 6.66. The van der Waals surface area contributed by atoms with Gasteiger partial charge in [-0.3, -0.25) is 4.79 Å². The Kier molecular flexibility index (Phi) is 5.48. The first kappa shape index (κ1) is 15.6. The molecule has 0 heterocycles. The van der Waals surface area contributed by atoms with E-state index in [4.69, 9.17) is 5.73 Å². The summed E-state index contributed by atoms with van der Waals surface area (Å²) < 4.78 is 13.6. The van der Waals surface area contributed by atoms with Crippen LogP contribution in [0, 0.1) is 18.7 Å². The molecule has 0 fully saturated rings. The van der Waals surface area contributed by atoms with E-state index in [2.05, 4.69) is 0 Å². The number of aryl methyl sites for hydroxylation is 1. The molecule has 2 N–H and O–H groups in total. The van der Waals surface area contributed by atoms with Crippen molar-refractivity contribution in [2.45, 2.75) is 33.2 Å². The minimum absolute atomic E-state index is 0.0533. The van der Waals surface area contributed by atoms with Crippen LogP contribution in [0.25, 0.3) is 0 Å². The van der Waals surface area contributed by atoms with Crippen molar-refractivity contribution in [2.24, 2.45) is 11.7 Å². The van der Waals surface area contributed by atoms with Crippen LogP contribution in [0.15, 0.2) is 18.2 Å². The van der Waals surface area contributed by atoms with Gasteiger partial charge in [-0.25, -0.2) is 4.39 Å². The third kappa shape index (κ3) is 4.31. The van der Waals surface area contributed by atoms with Crippen LogP contribution >= 0.6 is 0 Å². The van der Waals surface area contributed by atoms with E-state index in [-0.39, 0.29) is 17.5 Å². The van der Waals surface area contributed by atoms with Crippen molar-refractivity contribution in [3.63, 3.8) is 0 Å². The highest BCUT2D eigenvalue weighted by atomic mass is 19.1. The monoisotopic (exact) mass is 266 g/mol. The molecule has 1 amide bonds. The van der Waals surface area contributed by atoms with E-state index in [0.717, 1.165) is 5.56 Å². The molecule has 1 aromatic rings. The molecular weight excluding hydrogens is 243 g/mol. The van der Waals surface area contributed by atoms with Crippen LogP contribution in [0.5, 0.6) is 0 Å². The summed E-state index contributed by atoms with van der Waals surface area (Å²) in [5.74, 6) is -0.396. The van der Waals surface area contributed by atoms with Crippen LogP contribution in [0.1, 0.15) is 36.2 Å². The maximum absolute atomic E-state index is 13.6. The van der Waals surface area contributed by atoms with Crippen molar-refractivity contribution < 1.29 is 9.18 Å². The van der Waals surface area contributed by atoms with E-state index in [0.29, 0.717) is 18.9 Å². The number of carbonyl (C=O) groups excluding carboxylic acids is 1. The molecule has 0 saturated heterocycles.